The number of hydrogen-bond acceptors (Lipinski definition) is 3. The molecule has 0 saturated heterocycles. The fourth-order valence-electron chi connectivity index (χ4n) is 2.53. The molecular weight excluding hydrogens is 318 g/mol. The summed E-state index contributed by atoms with van der Waals surface area (Å²) in [4.78, 5) is 9.33. The number of imidazole rings is 1. The van der Waals surface area contributed by atoms with Crippen molar-refractivity contribution in [1.82, 2.24) is 20.0 Å². The third kappa shape index (κ3) is 4.14. The molecule has 3 heterocycles. The molecule has 0 spiro atoms. The predicted molar refractivity (Wildman–Crippen MR) is 101 cm³/mol. The summed E-state index contributed by atoms with van der Waals surface area (Å²) in [5, 5.41) is 10.9. The number of nitrogens with one attached hydrogen (secondary N) is 2. The van der Waals surface area contributed by atoms with Crippen molar-refractivity contribution >= 4 is 22.9 Å². The van der Waals surface area contributed by atoms with Crippen molar-refractivity contribution in [2.75, 3.05) is 13.1 Å². The van der Waals surface area contributed by atoms with Crippen LogP contribution in [-0.2, 0) is 13.0 Å². The lowest BCUT2D eigenvalue weighted by atomic mass is 10.3. The van der Waals surface area contributed by atoms with Gasteiger partial charge in [0.15, 0.2) is 5.96 Å². The van der Waals surface area contributed by atoms with Crippen LogP contribution in [0.1, 0.15) is 23.7 Å². The maximum Gasteiger partial charge on any atom is 0.191 e. The van der Waals surface area contributed by atoms with Crippen LogP contribution >= 0.6 is 11.3 Å². The minimum absolute atomic E-state index is 0.701. The first-order chi connectivity index (χ1) is 11.8. The zero-order valence-corrected chi connectivity index (χ0v) is 14.9. The summed E-state index contributed by atoms with van der Waals surface area (Å²) in [6.07, 6.45) is 5.00. The fraction of sp³-hybridized carbons (Fsp3) is 0.333. The standard InChI is InChI=1S/C18H23N5S/c1-3-19-18(21-11-15-7-10-24-13-15)20-8-6-16-12-23-9-4-5-14(2)17(23)22-16/h4-5,7,9-10,12-13H,3,6,8,11H2,1-2H3,(H2,19,20,21). The van der Waals surface area contributed by atoms with E-state index < -0.39 is 0 Å². The van der Waals surface area contributed by atoms with Crippen molar-refractivity contribution in [2.24, 2.45) is 4.99 Å². The molecule has 0 aliphatic rings. The van der Waals surface area contributed by atoms with Gasteiger partial charge in [0, 0.05) is 31.9 Å². The number of aliphatic imine (C=N–C) groups is 1. The van der Waals surface area contributed by atoms with Crippen LogP contribution in [0.5, 0.6) is 0 Å². The molecule has 5 nitrogen and oxygen atoms in total. The smallest absolute Gasteiger partial charge is 0.191 e. The zero-order chi connectivity index (χ0) is 16.8. The topological polar surface area (TPSA) is 53.7 Å². The molecule has 0 atom stereocenters. The van der Waals surface area contributed by atoms with Crippen LogP contribution < -0.4 is 10.6 Å². The largest absolute Gasteiger partial charge is 0.357 e. The van der Waals surface area contributed by atoms with Crippen LogP contribution in [0.25, 0.3) is 5.65 Å². The summed E-state index contributed by atoms with van der Waals surface area (Å²) in [6.45, 7) is 6.52. The summed E-state index contributed by atoms with van der Waals surface area (Å²) < 4.78 is 2.08. The van der Waals surface area contributed by atoms with Gasteiger partial charge in [-0.05, 0) is 47.9 Å². The highest BCUT2D eigenvalue weighted by Crippen LogP contribution is 2.10. The molecule has 0 bridgehead atoms. The van der Waals surface area contributed by atoms with Crippen LogP contribution in [0.4, 0.5) is 0 Å². The molecule has 0 radical (unpaired) electrons. The first kappa shape index (κ1) is 16.5. The summed E-state index contributed by atoms with van der Waals surface area (Å²) in [5.74, 6) is 0.851. The van der Waals surface area contributed by atoms with E-state index in [0.29, 0.717) is 6.54 Å². The van der Waals surface area contributed by atoms with Gasteiger partial charge in [0.2, 0.25) is 0 Å². The second-order valence-corrected chi connectivity index (χ2v) is 6.44. The van der Waals surface area contributed by atoms with Crippen LogP contribution in [0.3, 0.4) is 0 Å². The highest BCUT2D eigenvalue weighted by Gasteiger charge is 2.04. The zero-order valence-electron chi connectivity index (χ0n) is 14.1. The molecule has 0 aliphatic carbocycles. The van der Waals surface area contributed by atoms with Gasteiger partial charge >= 0.3 is 0 Å². The molecule has 2 N–H and O–H groups in total. The lowest BCUT2D eigenvalue weighted by molar-refractivity contribution is 0.791. The summed E-state index contributed by atoms with van der Waals surface area (Å²) in [6, 6.07) is 6.24. The van der Waals surface area contributed by atoms with Crippen molar-refractivity contribution < 1.29 is 0 Å². The molecule has 0 saturated carbocycles. The van der Waals surface area contributed by atoms with Gasteiger partial charge in [-0.3, -0.25) is 0 Å². The second-order valence-electron chi connectivity index (χ2n) is 5.66. The average Bonchev–Trinajstić information content (AvgIpc) is 3.22. The molecular formula is C18H23N5S. The van der Waals surface area contributed by atoms with E-state index >= 15 is 0 Å². The quantitative estimate of drug-likeness (QED) is 0.535. The highest BCUT2D eigenvalue weighted by atomic mass is 32.1. The van der Waals surface area contributed by atoms with Crippen molar-refractivity contribution in [3.05, 3.63) is 58.2 Å². The van der Waals surface area contributed by atoms with Crippen LogP contribution in [-0.4, -0.2) is 28.4 Å². The number of pyridine rings is 1. The molecule has 24 heavy (non-hydrogen) atoms. The number of guanidine groups is 1. The van der Waals surface area contributed by atoms with E-state index in [1.165, 1.54) is 11.1 Å². The van der Waals surface area contributed by atoms with Crippen LogP contribution in [0.15, 0.2) is 46.3 Å². The Kier molecular flexibility index (Phi) is 5.48. The molecule has 0 amide bonds. The molecule has 6 heteroatoms. The highest BCUT2D eigenvalue weighted by molar-refractivity contribution is 7.07. The molecule has 3 rings (SSSR count). The van der Waals surface area contributed by atoms with E-state index in [1.807, 2.05) is 12.3 Å². The Morgan fingerprint density at radius 2 is 2.25 bits per heavy atom. The van der Waals surface area contributed by atoms with Gasteiger partial charge < -0.3 is 15.0 Å². The molecule has 0 fully saturated rings. The third-order valence-corrected chi connectivity index (χ3v) is 4.48. The van der Waals surface area contributed by atoms with Gasteiger partial charge in [0.05, 0.1) is 12.2 Å². The Labute approximate surface area is 146 Å². The Bertz CT molecular complexity index is 804. The maximum absolute atomic E-state index is 4.71. The second kappa shape index (κ2) is 7.97. The lowest BCUT2D eigenvalue weighted by Crippen LogP contribution is -2.38. The first-order valence-corrected chi connectivity index (χ1v) is 9.17. The number of aromatic nitrogens is 2. The Hall–Kier alpha value is -2.34. The normalized spacial score (nSPS) is 11.8. The summed E-state index contributed by atoms with van der Waals surface area (Å²) in [7, 11) is 0. The van der Waals surface area contributed by atoms with Crippen molar-refractivity contribution in [3.8, 4) is 0 Å². The minimum atomic E-state index is 0.701. The number of rotatable bonds is 6. The van der Waals surface area contributed by atoms with Crippen molar-refractivity contribution in [3.63, 3.8) is 0 Å². The number of aryl methyl sites for hydroxylation is 1. The number of nitrogens with zero attached hydrogens (tertiary/aromatic N) is 3. The summed E-state index contributed by atoms with van der Waals surface area (Å²) in [5.41, 5.74) is 4.56. The van der Waals surface area contributed by atoms with Crippen LogP contribution in [0, 0.1) is 6.92 Å². The van der Waals surface area contributed by atoms with E-state index in [0.717, 1.165) is 36.8 Å². The van der Waals surface area contributed by atoms with E-state index in [9.17, 15) is 0 Å². The van der Waals surface area contributed by atoms with Gasteiger partial charge in [-0.15, -0.1) is 0 Å². The fourth-order valence-corrected chi connectivity index (χ4v) is 3.19. The van der Waals surface area contributed by atoms with Gasteiger partial charge in [0.25, 0.3) is 0 Å². The SMILES string of the molecule is CCNC(=NCc1ccsc1)NCCc1cn2cccc(C)c2n1. The molecule has 3 aromatic heterocycles. The van der Waals surface area contributed by atoms with E-state index in [1.54, 1.807) is 11.3 Å². The van der Waals surface area contributed by atoms with E-state index in [2.05, 4.69) is 63.0 Å². The first-order valence-electron chi connectivity index (χ1n) is 8.22. The van der Waals surface area contributed by atoms with E-state index in [4.69, 9.17) is 4.98 Å². The van der Waals surface area contributed by atoms with E-state index in [-0.39, 0.29) is 0 Å². The predicted octanol–water partition coefficient (Wildman–Crippen LogP) is 3.00. The molecule has 3 aromatic rings. The Balaban J connectivity index is 1.57. The van der Waals surface area contributed by atoms with Gasteiger partial charge in [-0.2, -0.15) is 11.3 Å². The van der Waals surface area contributed by atoms with Crippen LogP contribution in [0.2, 0.25) is 0 Å². The molecule has 126 valence electrons. The number of thiophene rings is 1. The van der Waals surface area contributed by atoms with Crippen molar-refractivity contribution in [2.45, 2.75) is 26.8 Å². The monoisotopic (exact) mass is 341 g/mol. The minimum Gasteiger partial charge on any atom is -0.357 e. The molecule has 0 aromatic carbocycles. The average molecular weight is 341 g/mol. The number of hydrogen-bond donors (Lipinski definition) is 2. The number of fused-ring (bicyclic) bond motifs is 1. The van der Waals surface area contributed by atoms with Gasteiger partial charge in [-0.1, -0.05) is 6.07 Å². The Morgan fingerprint density at radius 3 is 3.00 bits per heavy atom. The maximum atomic E-state index is 4.71. The third-order valence-electron chi connectivity index (χ3n) is 3.75. The molecule has 0 aliphatic heterocycles. The van der Waals surface area contributed by atoms with Crippen molar-refractivity contribution in [1.29, 1.82) is 0 Å². The molecule has 0 unspecified atom stereocenters. The lowest BCUT2D eigenvalue weighted by Gasteiger charge is -2.10. The summed E-state index contributed by atoms with van der Waals surface area (Å²) >= 11 is 1.70. The Morgan fingerprint density at radius 1 is 1.33 bits per heavy atom. The van der Waals surface area contributed by atoms with Gasteiger partial charge in [-0.25, -0.2) is 9.98 Å². The van der Waals surface area contributed by atoms with Gasteiger partial charge in [0.1, 0.15) is 5.65 Å².